The van der Waals surface area contributed by atoms with Gasteiger partial charge in [-0.3, -0.25) is 4.79 Å². The summed E-state index contributed by atoms with van der Waals surface area (Å²) in [6.07, 6.45) is -0.269. The van der Waals surface area contributed by atoms with Crippen LogP contribution in [0, 0.1) is 23.3 Å². The molecule has 164 valence electrons. The van der Waals surface area contributed by atoms with E-state index >= 15 is 0 Å². The van der Waals surface area contributed by atoms with Crippen LogP contribution in [0.25, 0.3) is 0 Å². The molecule has 0 radical (unpaired) electrons. The van der Waals surface area contributed by atoms with Crippen LogP contribution in [0.3, 0.4) is 0 Å². The standard InChI is InChI=1S/C22H21BF4O4/c1-21(2)22(3,4)31-23(30-21)14-7-5-6-12-11(14)8-9-15(12)29-20-18(26)16(24)13(10-28)17(25)19(20)27/h5-7,10,15H,8-9H2,1-4H3. The van der Waals surface area contributed by atoms with Gasteiger partial charge in [0.15, 0.2) is 23.7 Å². The van der Waals surface area contributed by atoms with E-state index in [2.05, 4.69) is 0 Å². The van der Waals surface area contributed by atoms with E-state index in [4.69, 9.17) is 14.0 Å². The van der Waals surface area contributed by atoms with Crippen molar-refractivity contribution in [2.75, 3.05) is 0 Å². The van der Waals surface area contributed by atoms with E-state index in [0.29, 0.717) is 18.4 Å². The van der Waals surface area contributed by atoms with E-state index in [1.54, 1.807) is 12.1 Å². The topological polar surface area (TPSA) is 44.8 Å². The maximum absolute atomic E-state index is 14.3. The number of carbonyl (C=O) groups excluding carboxylic acids is 1. The van der Waals surface area contributed by atoms with Crippen molar-refractivity contribution in [1.29, 1.82) is 0 Å². The molecular formula is C22H21BF4O4. The molecule has 0 saturated carbocycles. The first kappa shape index (κ1) is 21.8. The molecule has 4 rings (SSSR count). The van der Waals surface area contributed by atoms with E-state index in [1.165, 1.54) is 0 Å². The highest BCUT2D eigenvalue weighted by Crippen LogP contribution is 2.40. The van der Waals surface area contributed by atoms with Gasteiger partial charge < -0.3 is 14.0 Å². The maximum Gasteiger partial charge on any atom is 0.495 e. The fourth-order valence-corrected chi connectivity index (χ4v) is 3.94. The van der Waals surface area contributed by atoms with Gasteiger partial charge in [0.05, 0.1) is 16.8 Å². The quantitative estimate of drug-likeness (QED) is 0.308. The summed E-state index contributed by atoms with van der Waals surface area (Å²) < 4.78 is 74.2. The molecule has 1 fully saturated rings. The largest absolute Gasteiger partial charge is 0.495 e. The van der Waals surface area contributed by atoms with Crippen molar-refractivity contribution in [3.05, 3.63) is 58.2 Å². The van der Waals surface area contributed by atoms with Gasteiger partial charge in [-0.05, 0) is 57.1 Å². The smallest absolute Gasteiger partial charge is 0.479 e. The number of carbonyl (C=O) groups is 1. The van der Waals surface area contributed by atoms with Crippen LogP contribution in [0.4, 0.5) is 17.6 Å². The number of hydrogen-bond acceptors (Lipinski definition) is 4. The van der Waals surface area contributed by atoms with E-state index in [9.17, 15) is 22.4 Å². The lowest BCUT2D eigenvalue weighted by atomic mass is 9.75. The molecule has 0 N–H and O–H groups in total. The fourth-order valence-electron chi connectivity index (χ4n) is 3.94. The SMILES string of the molecule is CC1(C)OB(c2cccc3c2CCC3Oc2c(F)c(F)c(C=O)c(F)c2F)OC1(C)C. The first-order valence-corrected chi connectivity index (χ1v) is 9.93. The predicted molar refractivity (Wildman–Crippen MR) is 106 cm³/mol. The molecule has 0 aromatic heterocycles. The minimum absolute atomic E-state index is 0.275. The van der Waals surface area contributed by atoms with Crippen LogP contribution in [-0.2, 0) is 15.7 Å². The van der Waals surface area contributed by atoms with Gasteiger partial charge in [-0.1, -0.05) is 18.2 Å². The summed E-state index contributed by atoms with van der Waals surface area (Å²) in [5.74, 6) is -8.23. The van der Waals surface area contributed by atoms with Gasteiger partial charge in [0.25, 0.3) is 0 Å². The van der Waals surface area contributed by atoms with Gasteiger partial charge in [0, 0.05) is 0 Å². The van der Waals surface area contributed by atoms with Gasteiger partial charge in [-0.2, -0.15) is 8.78 Å². The first-order chi connectivity index (χ1) is 14.5. The Morgan fingerprint density at radius 3 is 2.13 bits per heavy atom. The van der Waals surface area contributed by atoms with Gasteiger partial charge in [-0.25, -0.2) is 8.78 Å². The number of fused-ring (bicyclic) bond motifs is 1. The number of halogens is 4. The summed E-state index contributed by atoms with van der Waals surface area (Å²) in [7, 11) is -0.631. The highest BCUT2D eigenvalue weighted by molar-refractivity contribution is 6.62. The lowest BCUT2D eigenvalue weighted by molar-refractivity contribution is 0.00578. The summed E-state index contributed by atoms with van der Waals surface area (Å²) >= 11 is 0. The molecule has 2 aliphatic rings. The Hall–Kier alpha value is -2.39. The average Bonchev–Trinajstić information content (AvgIpc) is 3.21. The zero-order chi connectivity index (χ0) is 22.7. The normalized spacial score (nSPS) is 21.3. The molecule has 0 spiro atoms. The maximum atomic E-state index is 14.3. The Balaban J connectivity index is 1.68. The Bertz CT molecular complexity index is 1020. The molecule has 9 heteroatoms. The van der Waals surface area contributed by atoms with Crippen molar-refractivity contribution in [1.82, 2.24) is 0 Å². The number of rotatable bonds is 4. The molecule has 1 saturated heterocycles. The second-order valence-corrected chi connectivity index (χ2v) is 8.77. The highest BCUT2D eigenvalue weighted by atomic mass is 19.2. The third-order valence-corrected chi connectivity index (χ3v) is 6.39. The summed E-state index contributed by atoms with van der Waals surface area (Å²) in [5, 5.41) is 0. The van der Waals surface area contributed by atoms with E-state index in [-0.39, 0.29) is 6.29 Å². The molecule has 1 unspecified atom stereocenters. The van der Waals surface area contributed by atoms with Crippen molar-refractivity contribution in [2.45, 2.75) is 57.8 Å². The van der Waals surface area contributed by atoms with E-state index in [1.807, 2.05) is 33.8 Å². The van der Waals surface area contributed by atoms with E-state index < -0.39 is 59.0 Å². The zero-order valence-corrected chi connectivity index (χ0v) is 17.5. The minimum atomic E-state index is -1.78. The summed E-state index contributed by atoms with van der Waals surface area (Å²) in [4.78, 5) is 10.7. The third-order valence-electron chi connectivity index (χ3n) is 6.39. The average molecular weight is 436 g/mol. The van der Waals surface area contributed by atoms with Crippen LogP contribution < -0.4 is 10.2 Å². The molecular weight excluding hydrogens is 415 g/mol. The number of ether oxygens (including phenoxy) is 1. The van der Waals surface area contributed by atoms with Crippen LogP contribution in [0.15, 0.2) is 18.2 Å². The van der Waals surface area contributed by atoms with Gasteiger partial charge in [0.2, 0.25) is 11.6 Å². The van der Waals surface area contributed by atoms with Crippen molar-refractivity contribution in [2.24, 2.45) is 0 Å². The van der Waals surface area contributed by atoms with Gasteiger partial charge >= 0.3 is 7.12 Å². The molecule has 4 nitrogen and oxygen atoms in total. The zero-order valence-electron chi connectivity index (χ0n) is 17.5. The molecule has 0 bridgehead atoms. The van der Waals surface area contributed by atoms with Crippen molar-refractivity contribution >= 4 is 18.9 Å². The molecule has 1 heterocycles. The van der Waals surface area contributed by atoms with Crippen LogP contribution in [0.2, 0.25) is 0 Å². The number of hydrogen-bond donors (Lipinski definition) is 0. The second-order valence-electron chi connectivity index (χ2n) is 8.77. The molecule has 2 aromatic carbocycles. The number of benzene rings is 2. The monoisotopic (exact) mass is 436 g/mol. The second kappa shape index (κ2) is 7.34. The highest BCUT2D eigenvalue weighted by Gasteiger charge is 2.52. The molecule has 1 aliphatic heterocycles. The van der Waals surface area contributed by atoms with Gasteiger partial charge in [-0.15, -0.1) is 0 Å². The van der Waals surface area contributed by atoms with Crippen LogP contribution in [0.1, 0.15) is 61.7 Å². The van der Waals surface area contributed by atoms with Gasteiger partial charge in [0.1, 0.15) is 6.10 Å². The molecule has 2 aromatic rings. The summed E-state index contributed by atoms with van der Waals surface area (Å²) in [5.41, 5.74) is -0.148. The van der Waals surface area contributed by atoms with Crippen LogP contribution in [-0.4, -0.2) is 24.6 Å². The van der Waals surface area contributed by atoms with Crippen LogP contribution >= 0.6 is 0 Å². The fraction of sp³-hybridized carbons (Fsp3) is 0.409. The van der Waals surface area contributed by atoms with Crippen molar-refractivity contribution < 1.29 is 36.4 Å². The number of aldehydes is 1. The van der Waals surface area contributed by atoms with Crippen LogP contribution in [0.5, 0.6) is 5.75 Å². The molecule has 31 heavy (non-hydrogen) atoms. The lowest BCUT2D eigenvalue weighted by Crippen LogP contribution is -2.41. The Kier molecular flexibility index (Phi) is 5.17. The van der Waals surface area contributed by atoms with Crippen molar-refractivity contribution in [3.63, 3.8) is 0 Å². The Morgan fingerprint density at radius 1 is 1.00 bits per heavy atom. The lowest BCUT2D eigenvalue weighted by Gasteiger charge is -2.32. The predicted octanol–water partition coefficient (Wildman–Crippen LogP) is 4.42. The molecule has 1 aliphatic carbocycles. The molecule has 1 atom stereocenters. The third kappa shape index (κ3) is 3.34. The molecule has 0 amide bonds. The Morgan fingerprint density at radius 2 is 1.58 bits per heavy atom. The minimum Gasteiger partial charge on any atom is -0.479 e. The summed E-state index contributed by atoms with van der Waals surface area (Å²) in [6.45, 7) is 7.72. The summed E-state index contributed by atoms with van der Waals surface area (Å²) in [6, 6.07) is 5.32. The van der Waals surface area contributed by atoms with E-state index in [0.717, 1.165) is 11.0 Å². The first-order valence-electron chi connectivity index (χ1n) is 9.93. The van der Waals surface area contributed by atoms with Crippen molar-refractivity contribution in [3.8, 4) is 5.75 Å². The Labute approximate surface area is 177 Å².